The van der Waals surface area contributed by atoms with Crippen LogP contribution in [0.1, 0.15) is 38.3 Å². The zero-order chi connectivity index (χ0) is 22.1. The second-order valence-corrected chi connectivity index (χ2v) is 8.21. The minimum Gasteiger partial charge on any atom is -0.493 e. The molecule has 31 heavy (non-hydrogen) atoms. The number of ether oxygens (including phenoxy) is 2. The van der Waals surface area contributed by atoms with E-state index in [1.165, 1.54) is 11.1 Å². The van der Waals surface area contributed by atoms with Crippen LogP contribution >= 0.6 is 0 Å². The maximum absolute atomic E-state index is 12.2. The summed E-state index contributed by atoms with van der Waals surface area (Å²) in [4.78, 5) is 12.2. The molecule has 0 heterocycles. The predicted octanol–water partition coefficient (Wildman–Crippen LogP) is 6.01. The largest absolute Gasteiger partial charge is 0.493 e. The lowest BCUT2D eigenvalue weighted by Crippen LogP contribution is -2.20. The molecule has 0 aromatic heterocycles. The van der Waals surface area contributed by atoms with Gasteiger partial charge in [-0.2, -0.15) is 0 Å². The van der Waals surface area contributed by atoms with Crippen molar-refractivity contribution >= 4 is 11.6 Å². The van der Waals surface area contributed by atoms with Gasteiger partial charge in [0.05, 0.1) is 6.61 Å². The van der Waals surface area contributed by atoms with Crippen molar-refractivity contribution < 1.29 is 14.3 Å². The molecule has 162 valence electrons. The van der Waals surface area contributed by atoms with Gasteiger partial charge in [-0.3, -0.25) is 4.79 Å². The zero-order valence-corrected chi connectivity index (χ0v) is 18.6. The number of hydrogen-bond donors (Lipinski definition) is 1. The van der Waals surface area contributed by atoms with Crippen molar-refractivity contribution in [1.29, 1.82) is 0 Å². The molecule has 0 unspecified atom stereocenters. The minimum atomic E-state index is -0.198. The molecule has 3 rings (SSSR count). The van der Waals surface area contributed by atoms with E-state index >= 15 is 0 Å². The number of benzene rings is 3. The molecule has 1 N–H and O–H groups in total. The SMILES string of the molecule is CCC(C)(C)c1ccc(OCC(=O)Nc2ccc(OCCc3ccccc3)cc2)cc1. The third kappa shape index (κ3) is 6.88. The molecule has 0 atom stereocenters. The fourth-order valence-electron chi connectivity index (χ4n) is 3.12. The molecule has 0 saturated heterocycles. The van der Waals surface area contributed by atoms with E-state index in [-0.39, 0.29) is 17.9 Å². The van der Waals surface area contributed by atoms with E-state index in [0.717, 1.165) is 18.6 Å². The van der Waals surface area contributed by atoms with Crippen molar-refractivity contribution in [2.75, 3.05) is 18.5 Å². The van der Waals surface area contributed by atoms with Crippen molar-refractivity contribution in [2.24, 2.45) is 0 Å². The van der Waals surface area contributed by atoms with Crippen LogP contribution in [-0.2, 0) is 16.6 Å². The molecule has 1 amide bonds. The number of carbonyl (C=O) groups is 1. The Morgan fingerprint density at radius 3 is 2.10 bits per heavy atom. The van der Waals surface area contributed by atoms with Crippen LogP contribution in [0.25, 0.3) is 0 Å². The molecule has 0 bridgehead atoms. The molecular formula is C27H31NO3. The lowest BCUT2D eigenvalue weighted by atomic mass is 9.82. The third-order valence-corrected chi connectivity index (χ3v) is 5.53. The van der Waals surface area contributed by atoms with Gasteiger partial charge in [-0.1, -0.05) is 63.2 Å². The normalized spacial score (nSPS) is 11.1. The summed E-state index contributed by atoms with van der Waals surface area (Å²) in [6.07, 6.45) is 1.92. The number of nitrogens with one attached hydrogen (secondary N) is 1. The van der Waals surface area contributed by atoms with Crippen LogP contribution in [0.3, 0.4) is 0 Å². The van der Waals surface area contributed by atoms with Crippen LogP contribution in [0.4, 0.5) is 5.69 Å². The summed E-state index contributed by atoms with van der Waals surface area (Å²) in [6, 6.07) is 25.6. The van der Waals surface area contributed by atoms with Crippen LogP contribution < -0.4 is 14.8 Å². The quantitative estimate of drug-likeness (QED) is 0.439. The highest BCUT2D eigenvalue weighted by Gasteiger charge is 2.17. The number of rotatable bonds is 10. The number of anilines is 1. The summed E-state index contributed by atoms with van der Waals surface area (Å²) < 4.78 is 11.4. The van der Waals surface area contributed by atoms with Crippen molar-refractivity contribution in [3.8, 4) is 11.5 Å². The summed E-state index contributed by atoms with van der Waals surface area (Å²) in [5.41, 5.74) is 3.35. The van der Waals surface area contributed by atoms with Crippen LogP contribution in [0.5, 0.6) is 11.5 Å². The van der Waals surface area contributed by atoms with Gasteiger partial charge < -0.3 is 14.8 Å². The standard InChI is InChI=1S/C27H31NO3/c1-4-27(2,3)22-10-14-25(15-11-22)31-20-26(29)28-23-12-16-24(17-13-23)30-19-18-21-8-6-5-7-9-21/h5-17H,4,18-20H2,1-3H3,(H,28,29). The second kappa shape index (κ2) is 10.7. The molecular weight excluding hydrogens is 386 g/mol. The smallest absolute Gasteiger partial charge is 0.262 e. The molecule has 3 aromatic rings. The van der Waals surface area contributed by atoms with E-state index in [0.29, 0.717) is 18.0 Å². The molecule has 0 fully saturated rings. The molecule has 4 nitrogen and oxygen atoms in total. The molecule has 0 aliphatic rings. The summed E-state index contributed by atoms with van der Waals surface area (Å²) in [5, 5.41) is 2.85. The molecule has 0 saturated carbocycles. The Hall–Kier alpha value is -3.27. The van der Waals surface area contributed by atoms with E-state index in [4.69, 9.17) is 9.47 Å². The molecule has 4 heteroatoms. The van der Waals surface area contributed by atoms with Gasteiger partial charge in [0.1, 0.15) is 11.5 Å². The van der Waals surface area contributed by atoms with E-state index < -0.39 is 0 Å². The Morgan fingerprint density at radius 1 is 0.839 bits per heavy atom. The molecule has 0 aliphatic carbocycles. The van der Waals surface area contributed by atoms with Crippen LogP contribution in [0, 0.1) is 0 Å². The highest BCUT2D eigenvalue weighted by atomic mass is 16.5. The number of carbonyl (C=O) groups excluding carboxylic acids is 1. The summed E-state index contributed by atoms with van der Waals surface area (Å²) in [7, 11) is 0. The fourth-order valence-corrected chi connectivity index (χ4v) is 3.12. The number of amides is 1. The average molecular weight is 418 g/mol. The average Bonchev–Trinajstić information content (AvgIpc) is 2.80. The molecule has 0 aliphatic heterocycles. The van der Waals surface area contributed by atoms with Gasteiger partial charge in [0, 0.05) is 12.1 Å². The maximum Gasteiger partial charge on any atom is 0.262 e. The molecule has 0 radical (unpaired) electrons. The molecule has 0 spiro atoms. The summed E-state index contributed by atoms with van der Waals surface area (Å²) >= 11 is 0. The second-order valence-electron chi connectivity index (χ2n) is 8.21. The first-order valence-electron chi connectivity index (χ1n) is 10.8. The van der Waals surface area contributed by atoms with E-state index in [1.807, 2.05) is 54.6 Å². The van der Waals surface area contributed by atoms with Crippen molar-refractivity contribution in [3.05, 3.63) is 90.0 Å². The van der Waals surface area contributed by atoms with Gasteiger partial charge in [0.15, 0.2) is 6.61 Å². The Balaban J connectivity index is 1.42. The highest BCUT2D eigenvalue weighted by Crippen LogP contribution is 2.28. The van der Waals surface area contributed by atoms with Crippen molar-refractivity contribution in [2.45, 2.75) is 39.0 Å². The van der Waals surface area contributed by atoms with E-state index in [2.05, 4.69) is 50.4 Å². The first-order chi connectivity index (χ1) is 15.0. The highest BCUT2D eigenvalue weighted by molar-refractivity contribution is 5.91. The first-order valence-corrected chi connectivity index (χ1v) is 10.8. The van der Waals surface area contributed by atoms with Crippen molar-refractivity contribution in [1.82, 2.24) is 0 Å². The van der Waals surface area contributed by atoms with Crippen LogP contribution in [0.15, 0.2) is 78.9 Å². The third-order valence-electron chi connectivity index (χ3n) is 5.53. The molecule has 3 aromatic carbocycles. The zero-order valence-electron chi connectivity index (χ0n) is 18.6. The monoisotopic (exact) mass is 417 g/mol. The van der Waals surface area contributed by atoms with E-state index in [1.54, 1.807) is 0 Å². The van der Waals surface area contributed by atoms with Gasteiger partial charge in [-0.05, 0) is 59.4 Å². The maximum atomic E-state index is 12.2. The van der Waals surface area contributed by atoms with Gasteiger partial charge >= 0.3 is 0 Å². The van der Waals surface area contributed by atoms with Crippen LogP contribution in [0.2, 0.25) is 0 Å². The topological polar surface area (TPSA) is 47.6 Å². The fraction of sp³-hybridized carbons (Fsp3) is 0.296. The summed E-state index contributed by atoms with van der Waals surface area (Å²) in [5.74, 6) is 1.27. The van der Waals surface area contributed by atoms with Gasteiger partial charge in [0.25, 0.3) is 5.91 Å². The predicted molar refractivity (Wildman–Crippen MR) is 126 cm³/mol. The minimum absolute atomic E-state index is 0.0359. The van der Waals surface area contributed by atoms with Gasteiger partial charge in [-0.15, -0.1) is 0 Å². The summed E-state index contributed by atoms with van der Waals surface area (Å²) in [6.45, 7) is 7.19. The van der Waals surface area contributed by atoms with Gasteiger partial charge in [0.2, 0.25) is 0 Å². The Bertz CT molecular complexity index is 948. The van der Waals surface area contributed by atoms with Gasteiger partial charge in [-0.25, -0.2) is 0 Å². The lowest BCUT2D eigenvalue weighted by molar-refractivity contribution is -0.118. The van der Waals surface area contributed by atoms with Crippen LogP contribution in [-0.4, -0.2) is 19.1 Å². The lowest BCUT2D eigenvalue weighted by Gasteiger charge is -2.23. The Morgan fingerprint density at radius 2 is 1.45 bits per heavy atom. The number of hydrogen-bond acceptors (Lipinski definition) is 3. The van der Waals surface area contributed by atoms with E-state index in [9.17, 15) is 4.79 Å². The Kier molecular flexibility index (Phi) is 7.71. The first kappa shape index (κ1) is 22.4. The van der Waals surface area contributed by atoms with Crippen molar-refractivity contribution in [3.63, 3.8) is 0 Å². The Labute approximate surface area is 185 Å².